The van der Waals surface area contributed by atoms with Crippen molar-refractivity contribution < 1.29 is 19.1 Å². The molecule has 0 bridgehead atoms. The third-order valence-electron chi connectivity index (χ3n) is 10.3. The molecule has 0 atom stereocenters. The number of pyridine rings is 1. The molecule has 9 nitrogen and oxygen atoms in total. The van der Waals surface area contributed by atoms with Crippen LogP contribution >= 0.6 is 11.6 Å². The molecule has 254 valence electrons. The second-order valence-corrected chi connectivity index (χ2v) is 16.4. The Morgan fingerprint density at radius 2 is 1.77 bits per heavy atom. The largest absolute Gasteiger partial charge is 0.489 e. The van der Waals surface area contributed by atoms with Gasteiger partial charge in [0.05, 0.1) is 28.4 Å². The molecular formula is C38H46ClN5O4. The summed E-state index contributed by atoms with van der Waals surface area (Å²) in [5.74, 6) is 8.18. The van der Waals surface area contributed by atoms with Crippen molar-refractivity contribution in [3.8, 4) is 23.7 Å². The summed E-state index contributed by atoms with van der Waals surface area (Å²) < 4.78 is 12.0. The van der Waals surface area contributed by atoms with Crippen LogP contribution < -0.4 is 4.74 Å². The number of fused-ring (bicyclic) bond motifs is 1. The van der Waals surface area contributed by atoms with Crippen LogP contribution in [-0.2, 0) is 11.3 Å². The second kappa shape index (κ2) is 12.6. The number of likely N-dealkylation sites (tertiary alicyclic amines) is 2. The van der Waals surface area contributed by atoms with Crippen LogP contribution in [-0.4, -0.2) is 82.2 Å². The minimum absolute atomic E-state index is 0.00501. The highest BCUT2D eigenvalue weighted by Gasteiger charge is 2.67. The smallest absolute Gasteiger partial charge is 0.410 e. The molecule has 3 fully saturated rings. The van der Waals surface area contributed by atoms with Gasteiger partial charge in [-0.25, -0.2) is 9.78 Å². The fraction of sp³-hybridized carbons (Fsp3) is 0.579. The van der Waals surface area contributed by atoms with Crippen molar-refractivity contribution in [1.29, 1.82) is 5.26 Å². The standard InChI is InChI=1S/C38H46ClN5O4/c1-36(2,3)48-35(46)43-16-14-24(15-17-43)20-42-21-25(22-42)8-10-27-11-13-29-31(41-27)23-44(32(29)45)33-37(4,5)34(38(33,6)7)47-28-12-9-26(19-40)30(39)18-28/h9,11-13,18,24-25,33-34H,14-17,20-23H2,1-7H3. The SMILES string of the molecule is CC(C)(C)OC(=O)N1CCC(CN2CC(C#Cc3ccc4c(n3)CN(C3C(C)(C)C(Oc5ccc(C#N)c(Cl)c5)C3(C)C)C4=O)C2)CC1. The second-order valence-electron chi connectivity index (χ2n) is 16.0. The fourth-order valence-corrected chi connectivity index (χ4v) is 8.68. The number of piperidine rings is 1. The fourth-order valence-electron chi connectivity index (χ4n) is 8.47. The monoisotopic (exact) mass is 671 g/mol. The highest BCUT2D eigenvalue weighted by molar-refractivity contribution is 6.31. The van der Waals surface area contributed by atoms with Crippen molar-refractivity contribution in [1.82, 2.24) is 19.7 Å². The van der Waals surface area contributed by atoms with Crippen molar-refractivity contribution >= 4 is 23.6 Å². The highest BCUT2D eigenvalue weighted by Crippen LogP contribution is 2.59. The lowest BCUT2D eigenvalue weighted by molar-refractivity contribution is -0.199. The summed E-state index contributed by atoms with van der Waals surface area (Å²) in [6.45, 7) is 19.1. The number of aromatic nitrogens is 1. The first kappa shape index (κ1) is 34.1. The number of carbonyl (C=O) groups excluding carboxylic acids is 2. The topological polar surface area (TPSA) is 99.0 Å². The number of carbonyl (C=O) groups is 2. The van der Waals surface area contributed by atoms with Crippen molar-refractivity contribution in [2.24, 2.45) is 22.7 Å². The van der Waals surface area contributed by atoms with Gasteiger partial charge in [-0.05, 0) is 69.7 Å². The highest BCUT2D eigenvalue weighted by atomic mass is 35.5. The molecule has 1 saturated carbocycles. The maximum Gasteiger partial charge on any atom is 0.410 e. The van der Waals surface area contributed by atoms with Gasteiger partial charge in [-0.2, -0.15) is 5.26 Å². The summed E-state index contributed by atoms with van der Waals surface area (Å²) >= 11 is 6.26. The molecule has 1 aromatic carbocycles. The lowest BCUT2D eigenvalue weighted by Crippen LogP contribution is -2.74. The molecule has 0 radical (unpaired) electrons. The van der Waals surface area contributed by atoms with E-state index in [1.54, 1.807) is 18.2 Å². The van der Waals surface area contributed by atoms with Crippen LogP contribution in [0.3, 0.4) is 0 Å². The zero-order valence-electron chi connectivity index (χ0n) is 29.1. The summed E-state index contributed by atoms with van der Waals surface area (Å²) in [5.41, 5.74) is 1.38. The number of nitrogens with zero attached hydrogens (tertiary/aromatic N) is 5. The van der Waals surface area contributed by atoms with Gasteiger partial charge in [0.1, 0.15) is 29.2 Å². The predicted octanol–water partition coefficient (Wildman–Crippen LogP) is 6.38. The molecule has 2 aromatic rings. The van der Waals surface area contributed by atoms with Crippen LogP contribution in [0.2, 0.25) is 5.02 Å². The zero-order chi connectivity index (χ0) is 34.6. The predicted molar refractivity (Wildman–Crippen MR) is 183 cm³/mol. The number of rotatable bonds is 5. The maximum atomic E-state index is 13.7. The number of amides is 2. The molecule has 48 heavy (non-hydrogen) atoms. The Morgan fingerprint density at radius 3 is 2.40 bits per heavy atom. The van der Waals surface area contributed by atoms with Gasteiger partial charge < -0.3 is 24.2 Å². The van der Waals surface area contributed by atoms with E-state index in [0.29, 0.717) is 46.0 Å². The van der Waals surface area contributed by atoms with E-state index >= 15 is 0 Å². The van der Waals surface area contributed by atoms with Gasteiger partial charge in [0.25, 0.3) is 5.91 Å². The Labute approximate surface area is 289 Å². The van der Waals surface area contributed by atoms with E-state index in [4.69, 9.17) is 26.1 Å². The van der Waals surface area contributed by atoms with Gasteiger partial charge in [0, 0.05) is 61.6 Å². The molecule has 0 spiro atoms. The Morgan fingerprint density at radius 1 is 1.08 bits per heavy atom. The molecular weight excluding hydrogens is 626 g/mol. The molecule has 1 aliphatic carbocycles. The summed E-state index contributed by atoms with van der Waals surface area (Å²) in [5, 5.41) is 9.58. The normalized spacial score (nSPS) is 23.7. The van der Waals surface area contributed by atoms with Gasteiger partial charge in [-0.1, -0.05) is 45.2 Å². The average molecular weight is 672 g/mol. The first-order chi connectivity index (χ1) is 22.6. The molecule has 1 aromatic heterocycles. The van der Waals surface area contributed by atoms with Crippen LogP contribution in [0.25, 0.3) is 0 Å². The molecule has 6 rings (SSSR count). The van der Waals surface area contributed by atoms with Gasteiger partial charge in [-0.15, -0.1) is 0 Å². The van der Waals surface area contributed by atoms with Gasteiger partial charge in [0.2, 0.25) is 0 Å². The summed E-state index contributed by atoms with van der Waals surface area (Å²) in [4.78, 5) is 37.1. The van der Waals surface area contributed by atoms with E-state index in [1.807, 2.05) is 42.7 Å². The number of nitriles is 1. The molecule has 2 amide bonds. The van der Waals surface area contributed by atoms with Crippen molar-refractivity contribution in [3.05, 3.63) is 57.9 Å². The van der Waals surface area contributed by atoms with E-state index in [-0.39, 0.29) is 35.0 Å². The Bertz CT molecular complexity index is 1680. The number of halogens is 1. The van der Waals surface area contributed by atoms with Gasteiger partial charge in [0.15, 0.2) is 0 Å². The van der Waals surface area contributed by atoms with Crippen LogP contribution in [0, 0.1) is 45.8 Å². The lowest BCUT2D eigenvalue weighted by Gasteiger charge is -2.65. The maximum absolute atomic E-state index is 13.7. The van der Waals surface area contributed by atoms with E-state index in [0.717, 1.165) is 51.3 Å². The minimum Gasteiger partial charge on any atom is -0.489 e. The summed E-state index contributed by atoms with van der Waals surface area (Å²) in [6.07, 6.45) is 1.61. The Balaban J connectivity index is 1.01. The first-order valence-corrected chi connectivity index (χ1v) is 17.3. The third-order valence-corrected chi connectivity index (χ3v) is 10.6. The number of hydrogen-bond donors (Lipinski definition) is 0. The molecule has 4 heterocycles. The van der Waals surface area contributed by atoms with Crippen molar-refractivity contribution in [3.63, 3.8) is 0 Å². The molecule has 0 N–H and O–H groups in total. The Hall–Kier alpha value is -3.79. The van der Waals surface area contributed by atoms with Crippen LogP contribution in [0.1, 0.15) is 88.6 Å². The third kappa shape index (κ3) is 6.60. The summed E-state index contributed by atoms with van der Waals surface area (Å²) in [6, 6.07) is 10.9. The number of hydrogen-bond acceptors (Lipinski definition) is 7. The van der Waals surface area contributed by atoms with Crippen LogP contribution in [0.4, 0.5) is 4.79 Å². The lowest BCUT2D eigenvalue weighted by atomic mass is 9.49. The molecule has 2 saturated heterocycles. The van der Waals surface area contributed by atoms with E-state index in [1.165, 1.54) is 0 Å². The van der Waals surface area contributed by atoms with E-state index < -0.39 is 5.60 Å². The number of benzene rings is 1. The molecule has 10 heteroatoms. The molecule has 3 aliphatic heterocycles. The summed E-state index contributed by atoms with van der Waals surface area (Å²) in [7, 11) is 0. The van der Waals surface area contributed by atoms with Gasteiger partial charge >= 0.3 is 6.09 Å². The van der Waals surface area contributed by atoms with Crippen LogP contribution in [0.15, 0.2) is 30.3 Å². The molecule has 4 aliphatic rings. The van der Waals surface area contributed by atoms with Crippen molar-refractivity contribution in [2.75, 3.05) is 32.7 Å². The zero-order valence-corrected chi connectivity index (χ0v) is 29.9. The number of ether oxygens (including phenoxy) is 2. The van der Waals surface area contributed by atoms with Crippen LogP contribution in [0.5, 0.6) is 5.75 Å². The minimum atomic E-state index is -0.467. The van der Waals surface area contributed by atoms with E-state index in [9.17, 15) is 14.9 Å². The average Bonchev–Trinajstić information content (AvgIpc) is 3.30. The first-order valence-electron chi connectivity index (χ1n) is 17.0. The molecule has 0 unspecified atom stereocenters. The van der Waals surface area contributed by atoms with Crippen molar-refractivity contribution in [2.45, 2.75) is 85.6 Å². The quantitative estimate of drug-likeness (QED) is 0.341. The Kier molecular flexibility index (Phi) is 8.94. The van der Waals surface area contributed by atoms with E-state index in [2.05, 4.69) is 50.5 Å². The van der Waals surface area contributed by atoms with Gasteiger partial charge in [-0.3, -0.25) is 4.79 Å².